The molecule has 0 atom stereocenters. The highest BCUT2D eigenvalue weighted by molar-refractivity contribution is 6.14. The Hall–Kier alpha value is -3.22. The largest absolute Gasteiger partial charge is 0.489 e. The maximum absolute atomic E-state index is 12.9. The second-order valence-corrected chi connectivity index (χ2v) is 7.55. The first kappa shape index (κ1) is 20.5. The first-order valence-electron chi connectivity index (χ1n) is 9.55. The third kappa shape index (κ3) is 4.80. The lowest BCUT2D eigenvalue weighted by molar-refractivity contribution is -0.135. The van der Waals surface area contributed by atoms with Crippen molar-refractivity contribution in [2.75, 3.05) is 23.8 Å². The summed E-state index contributed by atoms with van der Waals surface area (Å²) in [5.74, 6) is 0.879. The molecule has 2 aromatic rings. The molecule has 0 radical (unpaired) electrons. The second kappa shape index (κ2) is 8.43. The van der Waals surface area contributed by atoms with Crippen LogP contribution in [0.1, 0.15) is 27.7 Å². The summed E-state index contributed by atoms with van der Waals surface area (Å²) < 4.78 is 16.7. The number of rotatable bonds is 6. The summed E-state index contributed by atoms with van der Waals surface area (Å²) in [5, 5.41) is 5.58. The van der Waals surface area contributed by atoms with E-state index in [0.717, 1.165) is 0 Å². The van der Waals surface area contributed by atoms with Crippen molar-refractivity contribution in [1.29, 1.82) is 0 Å². The number of anilines is 2. The van der Waals surface area contributed by atoms with E-state index >= 15 is 0 Å². The van der Waals surface area contributed by atoms with Gasteiger partial charge in [0.15, 0.2) is 11.5 Å². The molecule has 0 unspecified atom stereocenters. The van der Waals surface area contributed by atoms with Gasteiger partial charge in [-0.2, -0.15) is 0 Å². The van der Waals surface area contributed by atoms with Crippen molar-refractivity contribution in [2.45, 2.75) is 33.8 Å². The van der Waals surface area contributed by atoms with Crippen molar-refractivity contribution >= 4 is 23.2 Å². The molecule has 1 aliphatic rings. The quantitative estimate of drug-likeness (QED) is 0.722. The van der Waals surface area contributed by atoms with Crippen LogP contribution in [-0.2, 0) is 9.59 Å². The first-order valence-corrected chi connectivity index (χ1v) is 9.55. The molecule has 0 fully saturated rings. The second-order valence-electron chi connectivity index (χ2n) is 7.55. The van der Waals surface area contributed by atoms with Crippen molar-refractivity contribution in [1.82, 2.24) is 0 Å². The van der Waals surface area contributed by atoms with Crippen LogP contribution in [-0.4, -0.2) is 31.1 Å². The summed E-state index contributed by atoms with van der Waals surface area (Å²) in [5.41, 5.74) is -0.270. The van der Waals surface area contributed by atoms with E-state index in [0.29, 0.717) is 41.8 Å². The SMILES string of the molecule is CC(C)Oc1ccccc1NC(=O)C(C)(C)C(=O)Nc1ccc2c(c1)OCCO2. The number of amides is 2. The van der Waals surface area contributed by atoms with Gasteiger partial charge in [-0.25, -0.2) is 0 Å². The van der Waals surface area contributed by atoms with Crippen molar-refractivity contribution in [3.05, 3.63) is 42.5 Å². The highest BCUT2D eigenvalue weighted by Gasteiger charge is 2.36. The average Bonchev–Trinajstić information content (AvgIpc) is 2.69. The molecular weight excluding hydrogens is 372 g/mol. The summed E-state index contributed by atoms with van der Waals surface area (Å²) >= 11 is 0. The fraction of sp³-hybridized carbons (Fsp3) is 0.364. The van der Waals surface area contributed by atoms with E-state index in [1.165, 1.54) is 0 Å². The van der Waals surface area contributed by atoms with E-state index in [9.17, 15) is 9.59 Å². The van der Waals surface area contributed by atoms with Crippen LogP contribution in [0.4, 0.5) is 11.4 Å². The lowest BCUT2D eigenvalue weighted by Gasteiger charge is -2.24. The summed E-state index contributed by atoms with van der Waals surface area (Å²) in [6, 6.07) is 12.3. The minimum Gasteiger partial charge on any atom is -0.489 e. The minimum atomic E-state index is -1.32. The average molecular weight is 398 g/mol. The van der Waals surface area contributed by atoms with E-state index < -0.39 is 17.2 Å². The third-order valence-corrected chi connectivity index (χ3v) is 4.43. The molecule has 7 nitrogen and oxygen atoms in total. The maximum Gasteiger partial charge on any atom is 0.239 e. The summed E-state index contributed by atoms with van der Waals surface area (Å²) in [4.78, 5) is 25.7. The smallest absolute Gasteiger partial charge is 0.239 e. The molecule has 0 spiro atoms. The Balaban J connectivity index is 1.71. The third-order valence-electron chi connectivity index (χ3n) is 4.43. The summed E-state index contributed by atoms with van der Waals surface area (Å²) in [6.45, 7) is 7.90. The minimum absolute atomic E-state index is 0.0421. The highest BCUT2D eigenvalue weighted by Crippen LogP contribution is 2.33. The van der Waals surface area contributed by atoms with Crippen LogP contribution in [0.15, 0.2) is 42.5 Å². The molecule has 29 heavy (non-hydrogen) atoms. The number of benzene rings is 2. The fourth-order valence-electron chi connectivity index (χ4n) is 2.72. The summed E-state index contributed by atoms with van der Waals surface area (Å²) in [7, 11) is 0. The predicted octanol–water partition coefficient (Wildman–Crippen LogP) is 3.85. The number of para-hydroxylation sites is 2. The Morgan fingerprint density at radius 1 is 0.966 bits per heavy atom. The molecular formula is C22H26N2O5. The van der Waals surface area contributed by atoms with E-state index in [2.05, 4.69) is 10.6 Å². The standard InChI is InChI=1S/C22H26N2O5/c1-14(2)29-17-8-6-5-7-16(17)24-21(26)22(3,4)20(25)23-15-9-10-18-19(13-15)28-12-11-27-18/h5-10,13-14H,11-12H2,1-4H3,(H,23,25)(H,24,26). The number of carbonyl (C=O) groups excluding carboxylic acids is 2. The van der Waals surface area contributed by atoms with E-state index in [1.54, 1.807) is 50.2 Å². The maximum atomic E-state index is 12.9. The van der Waals surface area contributed by atoms with Crippen LogP contribution in [0.2, 0.25) is 0 Å². The zero-order valence-electron chi connectivity index (χ0n) is 17.1. The molecule has 2 N–H and O–H groups in total. The van der Waals surface area contributed by atoms with Crippen LogP contribution < -0.4 is 24.8 Å². The Bertz CT molecular complexity index is 908. The zero-order chi connectivity index (χ0) is 21.0. The Morgan fingerprint density at radius 3 is 2.34 bits per heavy atom. The van der Waals surface area contributed by atoms with Gasteiger partial charge in [-0.3, -0.25) is 9.59 Å². The van der Waals surface area contributed by atoms with Gasteiger partial charge in [-0.05, 0) is 52.0 Å². The molecule has 0 aromatic heterocycles. The van der Waals surface area contributed by atoms with E-state index in [4.69, 9.17) is 14.2 Å². The number of carbonyl (C=O) groups is 2. The van der Waals surface area contributed by atoms with Gasteiger partial charge in [-0.1, -0.05) is 12.1 Å². The van der Waals surface area contributed by atoms with Crippen molar-refractivity contribution in [3.8, 4) is 17.2 Å². The lowest BCUT2D eigenvalue weighted by Crippen LogP contribution is -2.41. The molecule has 7 heteroatoms. The Labute approximate surface area is 170 Å². The van der Waals surface area contributed by atoms with Gasteiger partial charge in [0, 0.05) is 11.8 Å². The molecule has 0 aliphatic carbocycles. The van der Waals surface area contributed by atoms with Gasteiger partial charge < -0.3 is 24.8 Å². The molecule has 1 aliphatic heterocycles. The molecule has 2 aromatic carbocycles. The summed E-state index contributed by atoms with van der Waals surface area (Å²) in [6.07, 6.45) is -0.0421. The van der Waals surface area contributed by atoms with Crippen LogP contribution in [0.25, 0.3) is 0 Å². The monoisotopic (exact) mass is 398 g/mol. The van der Waals surface area contributed by atoms with E-state index in [1.807, 2.05) is 19.9 Å². The zero-order valence-corrected chi connectivity index (χ0v) is 17.1. The molecule has 0 saturated carbocycles. The topological polar surface area (TPSA) is 85.9 Å². The van der Waals surface area contributed by atoms with Gasteiger partial charge >= 0.3 is 0 Å². The van der Waals surface area contributed by atoms with Crippen LogP contribution in [0.3, 0.4) is 0 Å². The van der Waals surface area contributed by atoms with Crippen molar-refractivity contribution in [3.63, 3.8) is 0 Å². The molecule has 154 valence electrons. The van der Waals surface area contributed by atoms with Crippen molar-refractivity contribution in [2.24, 2.45) is 5.41 Å². The molecule has 0 saturated heterocycles. The Morgan fingerprint density at radius 2 is 1.62 bits per heavy atom. The van der Waals surface area contributed by atoms with Gasteiger partial charge in [0.05, 0.1) is 11.8 Å². The number of fused-ring (bicyclic) bond motifs is 1. The van der Waals surface area contributed by atoms with Crippen LogP contribution in [0, 0.1) is 5.41 Å². The molecule has 3 rings (SSSR count). The normalized spacial score (nSPS) is 13.0. The number of ether oxygens (including phenoxy) is 3. The number of nitrogens with one attached hydrogen (secondary N) is 2. The predicted molar refractivity (Wildman–Crippen MR) is 111 cm³/mol. The number of hydrogen-bond donors (Lipinski definition) is 2. The van der Waals surface area contributed by atoms with Crippen LogP contribution >= 0.6 is 0 Å². The number of hydrogen-bond acceptors (Lipinski definition) is 5. The molecule has 0 bridgehead atoms. The fourth-order valence-corrected chi connectivity index (χ4v) is 2.72. The molecule has 2 amide bonds. The van der Waals surface area contributed by atoms with E-state index in [-0.39, 0.29) is 6.10 Å². The Kier molecular flexibility index (Phi) is 5.96. The van der Waals surface area contributed by atoms with Crippen molar-refractivity contribution < 1.29 is 23.8 Å². The van der Waals surface area contributed by atoms with Gasteiger partial charge in [-0.15, -0.1) is 0 Å². The van der Waals surface area contributed by atoms with Gasteiger partial charge in [0.1, 0.15) is 24.4 Å². The lowest BCUT2D eigenvalue weighted by atomic mass is 9.90. The van der Waals surface area contributed by atoms with Gasteiger partial charge in [0.2, 0.25) is 11.8 Å². The van der Waals surface area contributed by atoms with Crippen LogP contribution in [0.5, 0.6) is 17.2 Å². The molecule has 1 heterocycles. The highest BCUT2D eigenvalue weighted by atomic mass is 16.6. The first-order chi connectivity index (χ1) is 13.8. The van der Waals surface area contributed by atoms with Gasteiger partial charge in [0.25, 0.3) is 0 Å².